The smallest absolute Gasteiger partial charge is 0.156 e. The van der Waals surface area contributed by atoms with Gasteiger partial charge < -0.3 is 14.7 Å². The van der Waals surface area contributed by atoms with E-state index in [4.69, 9.17) is 4.74 Å². The topological polar surface area (TPSA) is 49.8 Å². The Balaban J connectivity index is 1.45. The molecule has 0 aromatic heterocycles. The van der Waals surface area contributed by atoms with E-state index in [1.54, 1.807) is 6.08 Å². The molecule has 0 spiro atoms. The van der Waals surface area contributed by atoms with Crippen molar-refractivity contribution in [3.8, 4) is 11.8 Å². The third kappa shape index (κ3) is 4.04. The molecule has 1 aliphatic heterocycles. The fourth-order valence-corrected chi connectivity index (χ4v) is 7.34. The standard InChI is InChI=1S/C34H37NO3/c1-22-5-7-23(8-6-22)15-17-34(37)18-16-30-32-31(28-14-13-27(36)19-25(28)21-38-32)29(20-33(30,34)2)24-9-11-26(12-10-24)35(3)4/h5-12,19,29-30,32,37H,13-14,16,18,20-21H2,1-4H3. The molecule has 5 unspecified atom stereocenters. The lowest BCUT2D eigenvalue weighted by atomic mass is 9.55. The Morgan fingerprint density at radius 3 is 2.50 bits per heavy atom. The lowest BCUT2D eigenvalue weighted by molar-refractivity contribution is -0.115. The number of anilines is 1. The van der Waals surface area contributed by atoms with Crippen molar-refractivity contribution in [3.05, 3.63) is 88.0 Å². The van der Waals surface area contributed by atoms with Gasteiger partial charge in [0.05, 0.1) is 12.7 Å². The van der Waals surface area contributed by atoms with Gasteiger partial charge in [-0.15, -0.1) is 0 Å². The Morgan fingerprint density at radius 1 is 1.05 bits per heavy atom. The molecule has 6 rings (SSSR count). The van der Waals surface area contributed by atoms with Crippen LogP contribution in [0.25, 0.3) is 0 Å². The van der Waals surface area contributed by atoms with Gasteiger partial charge in [-0.3, -0.25) is 4.79 Å². The number of aliphatic hydroxyl groups is 1. The molecule has 38 heavy (non-hydrogen) atoms. The maximum absolute atomic E-state index is 12.2. The minimum absolute atomic E-state index is 0.0668. The van der Waals surface area contributed by atoms with E-state index in [2.05, 4.69) is 81.1 Å². The van der Waals surface area contributed by atoms with Crippen LogP contribution in [0, 0.1) is 30.1 Å². The van der Waals surface area contributed by atoms with E-state index >= 15 is 0 Å². The van der Waals surface area contributed by atoms with Crippen molar-refractivity contribution in [1.82, 2.24) is 0 Å². The molecular weight excluding hydrogens is 470 g/mol. The van der Waals surface area contributed by atoms with Crippen LogP contribution in [0.1, 0.15) is 61.6 Å². The van der Waals surface area contributed by atoms with Gasteiger partial charge in [-0.05, 0) is 91.1 Å². The van der Waals surface area contributed by atoms with Crippen molar-refractivity contribution < 1.29 is 14.6 Å². The number of nitrogens with zero attached hydrogens (tertiary/aromatic N) is 1. The van der Waals surface area contributed by atoms with Gasteiger partial charge in [0.15, 0.2) is 5.78 Å². The average molecular weight is 508 g/mol. The molecule has 2 aromatic carbocycles. The summed E-state index contributed by atoms with van der Waals surface area (Å²) in [5.74, 6) is 7.14. The van der Waals surface area contributed by atoms with Gasteiger partial charge in [0, 0.05) is 43.1 Å². The maximum atomic E-state index is 12.2. The Hall–Kier alpha value is -3.13. The molecule has 0 radical (unpaired) electrons. The second-order valence-corrected chi connectivity index (χ2v) is 12.1. The summed E-state index contributed by atoms with van der Waals surface area (Å²) < 4.78 is 6.62. The molecule has 0 bridgehead atoms. The largest absolute Gasteiger partial charge is 0.378 e. The molecule has 4 nitrogen and oxygen atoms in total. The minimum Gasteiger partial charge on any atom is -0.378 e. The normalized spacial score (nSPS) is 32.0. The van der Waals surface area contributed by atoms with Crippen LogP contribution in [-0.4, -0.2) is 43.3 Å². The van der Waals surface area contributed by atoms with E-state index in [1.807, 2.05) is 12.1 Å². The minimum atomic E-state index is -1.09. The predicted octanol–water partition coefficient (Wildman–Crippen LogP) is 5.73. The van der Waals surface area contributed by atoms with E-state index in [9.17, 15) is 9.90 Å². The lowest BCUT2D eigenvalue weighted by Gasteiger charge is -2.53. The summed E-state index contributed by atoms with van der Waals surface area (Å²) in [5, 5.41) is 12.2. The van der Waals surface area contributed by atoms with Crippen LogP contribution < -0.4 is 4.90 Å². The number of carbonyl (C=O) groups is 1. The molecule has 4 aliphatic rings. The Morgan fingerprint density at radius 2 is 1.79 bits per heavy atom. The number of carbonyl (C=O) groups excluding carboxylic acids is 1. The molecule has 196 valence electrons. The van der Waals surface area contributed by atoms with E-state index < -0.39 is 11.0 Å². The number of hydrogen-bond acceptors (Lipinski definition) is 4. The van der Waals surface area contributed by atoms with Crippen LogP contribution in [0.15, 0.2) is 71.3 Å². The molecule has 2 aromatic rings. The van der Waals surface area contributed by atoms with E-state index in [-0.39, 0.29) is 23.7 Å². The van der Waals surface area contributed by atoms with Crippen LogP contribution in [-0.2, 0) is 9.53 Å². The fraction of sp³-hybridized carbons (Fsp3) is 0.441. The highest BCUT2D eigenvalue weighted by atomic mass is 16.5. The summed E-state index contributed by atoms with van der Waals surface area (Å²) >= 11 is 0. The number of aryl methyl sites for hydroxylation is 1. The van der Waals surface area contributed by atoms with Gasteiger partial charge >= 0.3 is 0 Å². The summed E-state index contributed by atoms with van der Waals surface area (Å²) in [4.78, 5) is 14.4. The summed E-state index contributed by atoms with van der Waals surface area (Å²) in [5.41, 5.74) is 6.73. The zero-order chi connectivity index (χ0) is 26.7. The molecule has 2 fully saturated rings. The fourth-order valence-electron chi connectivity index (χ4n) is 7.34. The zero-order valence-corrected chi connectivity index (χ0v) is 22.9. The van der Waals surface area contributed by atoms with Crippen LogP contribution >= 0.6 is 0 Å². The third-order valence-corrected chi connectivity index (χ3v) is 9.64. The molecule has 0 amide bonds. The maximum Gasteiger partial charge on any atom is 0.156 e. The van der Waals surface area contributed by atoms with Crippen LogP contribution in [0.5, 0.6) is 0 Å². The number of hydrogen-bond donors (Lipinski definition) is 1. The van der Waals surface area contributed by atoms with Crippen LogP contribution in [0.2, 0.25) is 0 Å². The molecule has 5 atom stereocenters. The number of benzene rings is 2. The van der Waals surface area contributed by atoms with Crippen LogP contribution in [0.3, 0.4) is 0 Å². The Kier molecular flexibility index (Phi) is 6.13. The lowest BCUT2D eigenvalue weighted by Crippen LogP contribution is -2.53. The Bertz CT molecular complexity index is 1390. The van der Waals surface area contributed by atoms with Crippen molar-refractivity contribution in [2.45, 2.75) is 63.6 Å². The number of rotatable bonds is 2. The highest BCUT2D eigenvalue weighted by Crippen LogP contribution is 2.64. The second-order valence-electron chi connectivity index (χ2n) is 12.1. The van der Waals surface area contributed by atoms with Crippen molar-refractivity contribution in [1.29, 1.82) is 0 Å². The number of ketones is 1. The molecule has 2 saturated carbocycles. The van der Waals surface area contributed by atoms with Crippen molar-refractivity contribution in [2.24, 2.45) is 11.3 Å². The van der Waals surface area contributed by atoms with E-state index in [0.717, 1.165) is 36.1 Å². The van der Waals surface area contributed by atoms with E-state index in [0.29, 0.717) is 19.4 Å². The second kappa shape index (κ2) is 9.26. The molecule has 4 heteroatoms. The Labute approximate surface area is 226 Å². The highest BCUT2D eigenvalue weighted by Gasteiger charge is 2.63. The molecule has 1 N–H and O–H groups in total. The van der Waals surface area contributed by atoms with Gasteiger partial charge in [0.2, 0.25) is 0 Å². The van der Waals surface area contributed by atoms with Crippen molar-refractivity contribution >= 4 is 11.5 Å². The number of fused-ring (bicyclic) bond motifs is 4. The van der Waals surface area contributed by atoms with Gasteiger partial charge in [-0.1, -0.05) is 48.6 Å². The first-order valence-electron chi connectivity index (χ1n) is 13.9. The summed E-state index contributed by atoms with van der Waals surface area (Å²) in [6.45, 7) is 4.78. The first-order valence-corrected chi connectivity index (χ1v) is 13.9. The third-order valence-electron chi connectivity index (χ3n) is 9.64. The van der Waals surface area contributed by atoms with Gasteiger partial charge in [0.1, 0.15) is 5.60 Å². The summed E-state index contributed by atoms with van der Waals surface area (Å²) in [7, 11) is 4.11. The van der Waals surface area contributed by atoms with Crippen LogP contribution in [0.4, 0.5) is 5.69 Å². The quantitative estimate of drug-likeness (QED) is 0.528. The van der Waals surface area contributed by atoms with Gasteiger partial charge in [-0.25, -0.2) is 0 Å². The average Bonchev–Trinajstić information content (AvgIpc) is 3.18. The summed E-state index contributed by atoms with van der Waals surface area (Å²) in [6, 6.07) is 17.0. The summed E-state index contributed by atoms with van der Waals surface area (Å²) in [6.07, 6.45) is 5.41. The van der Waals surface area contributed by atoms with Gasteiger partial charge in [-0.2, -0.15) is 0 Å². The molecule has 0 saturated heterocycles. The zero-order valence-electron chi connectivity index (χ0n) is 22.9. The number of ether oxygens (including phenoxy) is 1. The molecular formula is C34H37NO3. The van der Waals surface area contributed by atoms with E-state index in [1.165, 1.54) is 22.3 Å². The monoisotopic (exact) mass is 507 g/mol. The predicted molar refractivity (Wildman–Crippen MR) is 151 cm³/mol. The first-order chi connectivity index (χ1) is 18.2. The van der Waals surface area contributed by atoms with Gasteiger partial charge in [0.25, 0.3) is 0 Å². The first kappa shape index (κ1) is 25.2. The molecule has 1 heterocycles. The van der Waals surface area contributed by atoms with Crippen molar-refractivity contribution in [2.75, 3.05) is 25.6 Å². The highest BCUT2D eigenvalue weighted by molar-refractivity contribution is 5.93. The number of allylic oxidation sites excluding steroid dienone is 1. The molecule has 3 aliphatic carbocycles. The SMILES string of the molecule is Cc1ccc(C#CC2(O)CCC3C4OCC5=CC(=O)CCC5=C4C(c4ccc(N(C)C)cc4)CC32C)cc1. The van der Waals surface area contributed by atoms with Crippen molar-refractivity contribution in [3.63, 3.8) is 0 Å².